The van der Waals surface area contributed by atoms with Gasteiger partial charge in [-0.05, 0) is 12.1 Å². The van der Waals surface area contributed by atoms with E-state index < -0.39 is 11.9 Å². The fraction of sp³-hybridized carbons (Fsp3) is 0.429. The summed E-state index contributed by atoms with van der Waals surface area (Å²) in [6, 6.07) is 2.41. The highest BCUT2D eigenvalue weighted by Gasteiger charge is 2.33. The maximum Gasteiger partial charge on any atom is 0.431 e. The van der Waals surface area contributed by atoms with Crippen molar-refractivity contribution in [3.8, 4) is 0 Å². The maximum absolute atomic E-state index is 12.1. The number of nitrogens with zero attached hydrogens (tertiary/aromatic N) is 1. The van der Waals surface area contributed by atoms with E-state index in [0.29, 0.717) is 5.69 Å². The second-order valence-electron chi connectivity index (χ2n) is 2.47. The molecule has 0 radical (unpaired) electrons. The third-order valence-electron chi connectivity index (χ3n) is 1.73. The lowest BCUT2D eigenvalue weighted by Gasteiger charge is -2.08. The molecular weight excluding hydrogens is 205 g/mol. The first-order valence-corrected chi connectivity index (χ1v) is 3.38. The van der Waals surface area contributed by atoms with Gasteiger partial charge in [0.15, 0.2) is 0 Å². The van der Waals surface area contributed by atoms with Gasteiger partial charge in [-0.3, -0.25) is 0 Å². The Labute approximate surface area is 79.9 Å². The molecule has 0 aromatic carbocycles. The van der Waals surface area contributed by atoms with Crippen molar-refractivity contribution < 1.29 is 13.2 Å². The molecule has 0 fully saturated rings. The summed E-state index contributed by atoms with van der Waals surface area (Å²) in [6.07, 6.45) is -4.29. The van der Waals surface area contributed by atoms with Crippen molar-refractivity contribution in [1.29, 1.82) is 0 Å². The summed E-state index contributed by atoms with van der Waals surface area (Å²) < 4.78 is 37.5. The van der Waals surface area contributed by atoms with Crippen LogP contribution in [0.5, 0.6) is 0 Å². The summed E-state index contributed by atoms with van der Waals surface area (Å²) in [7, 11) is 1.35. The minimum atomic E-state index is -4.29. The number of alkyl halides is 3. The molecule has 1 aromatic rings. The highest BCUT2D eigenvalue weighted by molar-refractivity contribution is 5.85. The molecule has 0 bridgehead atoms. The van der Waals surface area contributed by atoms with Crippen LogP contribution in [0.3, 0.4) is 0 Å². The molecule has 0 atom stereocenters. The number of hydrogen-bond acceptors (Lipinski definition) is 1. The van der Waals surface area contributed by atoms with Gasteiger partial charge in [0, 0.05) is 19.3 Å². The van der Waals surface area contributed by atoms with Gasteiger partial charge in [0.05, 0.1) is 0 Å². The molecule has 0 amide bonds. The molecular formula is C7H10ClF3N2. The molecule has 0 aliphatic heterocycles. The van der Waals surface area contributed by atoms with Crippen LogP contribution in [0.4, 0.5) is 13.2 Å². The van der Waals surface area contributed by atoms with Gasteiger partial charge < -0.3 is 10.3 Å². The molecule has 0 aliphatic rings. The van der Waals surface area contributed by atoms with Crippen LogP contribution >= 0.6 is 12.4 Å². The molecule has 6 heteroatoms. The van der Waals surface area contributed by atoms with Gasteiger partial charge in [-0.15, -0.1) is 12.4 Å². The first-order chi connectivity index (χ1) is 5.46. The standard InChI is InChI=1S/C7H9F3N2.ClH/c1-12-5(4-11)2-3-6(12)7(8,9)10;/h2-3H,4,11H2,1H3;1H. The first-order valence-electron chi connectivity index (χ1n) is 3.38. The molecule has 2 N–H and O–H groups in total. The lowest BCUT2D eigenvalue weighted by atomic mass is 10.4. The predicted molar refractivity (Wildman–Crippen MR) is 45.6 cm³/mol. The summed E-state index contributed by atoms with van der Waals surface area (Å²) in [5.41, 5.74) is 5.03. The molecule has 0 aliphatic carbocycles. The molecule has 2 nitrogen and oxygen atoms in total. The van der Waals surface area contributed by atoms with E-state index in [1.165, 1.54) is 13.1 Å². The minimum absolute atomic E-state index is 0. The fourth-order valence-electron chi connectivity index (χ4n) is 1.04. The molecule has 0 saturated carbocycles. The predicted octanol–water partition coefficient (Wildman–Crippen LogP) is 1.92. The van der Waals surface area contributed by atoms with Crippen LogP contribution in [0, 0.1) is 0 Å². The first kappa shape index (κ1) is 12.3. The summed E-state index contributed by atoms with van der Waals surface area (Å²) in [6.45, 7) is 0.118. The lowest BCUT2D eigenvalue weighted by Crippen LogP contribution is -2.13. The van der Waals surface area contributed by atoms with Gasteiger partial charge in [-0.1, -0.05) is 0 Å². The number of aromatic nitrogens is 1. The van der Waals surface area contributed by atoms with Gasteiger partial charge in [0.25, 0.3) is 0 Å². The third-order valence-corrected chi connectivity index (χ3v) is 1.73. The van der Waals surface area contributed by atoms with Crippen LogP contribution in [0.1, 0.15) is 11.4 Å². The molecule has 1 heterocycles. The van der Waals surface area contributed by atoms with Crippen LogP contribution < -0.4 is 5.73 Å². The Morgan fingerprint density at radius 2 is 1.92 bits per heavy atom. The summed E-state index contributed by atoms with van der Waals surface area (Å²) in [5.74, 6) is 0. The Balaban J connectivity index is 0.00000144. The zero-order valence-corrected chi connectivity index (χ0v) is 7.75. The van der Waals surface area contributed by atoms with E-state index in [2.05, 4.69) is 0 Å². The van der Waals surface area contributed by atoms with Crippen LogP contribution in [0.2, 0.25) is 0 Å². The quantitative estimate of drug-likeness (QED) is 0.761. The smallest absolute Gasteiger partial charge is 0.343 e. The molecule has 76 valence electrons. The van der Waals surface area contributed by atoms with E-state index in [0.717, 1.165) is 10.6 Å². The molecule has 0 unspecified atom stereocenters. The molecule has 13 heavy (non-hydrogen) atoms. The van der Waals surface area contributed by atoms with Crippen molar-refractivity contribution >= 4 is 12.4 Å². The highest BCUT2D eigenvalue weighted by atomic mass is 35.5. The zero-order valence-electron chi connectivity index (χ0n) is 6.93. The summed E-state index contributed by atoms with van der Waals surface area (Å²) in [4.78, 5) is 0. The van der Waals surface area contributed by atoms with E-state index in [-0.39, 0.29) is 19.0 Å². The van der Waals surface area contributed by atoms with Gasteiger partial charge in [-0.25, -0.2) is 0 Å². The SMILES string of the molecule is Cl.Cn1c(CN)ccc1C(F)(F)F. The number of hydrogen-bond donors (Lipinski definition) is 1. The van der Waals surface area contributed by atoms with Gasteiger partial charge in [0.2, 0.25) is 0 Å². The van der Waals surface area contributed by atoms with Crippen molar-refractivity contribution in [2.75, 3.05) is 0 Å². The van der Waals surface area contributed by atoms with Crippen molar-refractivity contribution in [3.63, 3.8) is 0 Å². The average molecular weight is 215 g/mol. The van der Waals surface area contributed by atoms with E-state index >= 15 is 0 Å². The number of halogens is 4. The van der Waals surface area contributed by atoms with Crippen LogP contribution in [-0.2, 0) is 19.8 Å². The Bertz CT molecular complexity index is 280. The summed E-state index contributed by atoms with van der Waals surface area (Å²) in [5, 5.41) is 0. The van der Waals surface area contributed by atoms with Gasteiger partial charge >= 0.3 is 6.18 Å². The van der Waals surface area contributed by atoms with Crippen LogP contribution in [0.25, 0.3) is 0 Å². The Morgan fingerprint density at radius 3 is 2.15 bits per heavy atom. The van der Waals surface area contributed by atoms with Crippen molar-refractivity contribution in [2.24, 2.45) is 12.8 Å². The summed E-state index contributed by atoms with van der Waals surface area (Å²) >= 11 is 0. The van der Waals surface area contributed by atoms with E-state index in [9.17, 15) is 13.2 Å². The van der Waals surface area contributed by atoms with Crippen molar-refractivity contribution in [3.05, 3.63) is 23.5 Å². The Morgan fingerprint density at radius 1 is 1.38 bits per heavy atom. The second-order valence-corrected chi connectivity index (χ2v) is 2.47. The average Bonchev–Trinajstić information content (AvgIpc) is 2.29. The number of rotatable bonds is 1. The molecule has 1 rings (SSSR count). The highest BCUT2D eigenvalue weighted by Crippen LogP contribution is 2.29. The zero-order chi connectivity index (χ0) is 9.35. The minimum Gasteiger partial charge on any atom is -0.343 e. The van der Waals surface area contributed by atoms with E-state index in [1.54, 1.807) is 0 Å². The second kappa shape index (κ2) is 4.02. The Kier molecular flexibility index (Phi) is 3.81. The van der Waals surface area contributed by atoms with Gasteiger partial charge in [-0.2, -0.15) is 13.2 Å². The topological polar surface area (TPSA) is 30.9 Å². The van der Waals surface area contributed by atoms with Gasteiger partial charge in [0.1, 0.15) is 5.69 Å². The van der Waals surface area contributed by atoms with Crippen molar-refractivity contribution in [1.82, 2.24) is 4.57 Å². The number of nitrogens with two attached hydrogens (primary N) is 1. The van der Waals surface area contributed by atoms with Crippen molar-refractivity contribution in [2.45, 2.75) is 12.7 Å². The van der Waals surface area contributed by atoms with E-state index in [1.807, 2.05) is 0 Å². The van der Waals surface area contributed by atoms with E-state index in [4.69, 9.17) is 5.73 Å². The molecule has 0 spiro atoms. The molecule has 1 aromatic heterocycles. The molecule has 0 saturated heterocycles. The monoisotopic (exact) mass is 214 g/mol. The Hall–Kier alpha value is -0.680. The van der Waals surface area contributed by atoms with Crippen LogP contribution in [-0.4, -0.2) is 4.57 Å². The third kappa shape index (κ3) is 2.38. The fourth-order valence-corrected chi connectivity index (χ4v) is 1.04. The normalized spacial score (nSPS) is 11.2. The largest absolute Gasteiger partial charge is 0.431 e. The lowest BCUT2D eigenvalue weighted by molar-refractivity contribution is -0.143. The maximum atomic E-state index is 12.1. The van der Waals surface area contributed by atoms with Crippen LogP contribution in [0.15, 0.2) is 12.1 Å².